The lowest BCUT2D eigenvalue weighted by molar-refractivity contribution is 0.00740. The molecule has 2 aromatic rings. The molecule has 1 aromatic heterocycles. The summed E-state index contributed by atoms with van der Waals surface area (Å²) >= 11 is 1.12. The Kier molecular flexibility index (Phi) is 5.66. The summed E-state index contributed by atoms with van der Waals surface area (Å²) in [6, 6.07) is 5.18. The van der Waals surface area contributed by atoms with E-state index >= 15 is 0 Å². The lowest BCUT2D eigenvalue weighted by Gasteiger charge is -2.20. The van der Waals surface area contributed by atoms with Crippen molar-refractivity contribution in [3.63, 3.8) is 0 Å². The third kappa shape index (κ3) is 4.39. The minimum absolute atomic E-state index is 0.153. The zero-order chi connectivity index (χ0) is 22.2. The normalized spacial score (nSPS) is 16.3. The maximum Gasteiger partial charge on any atom is 0.349 e. The van der Waals surface area contributed by atoms with E-state index in [9.17, 15) is 9.59 Å². The summed E-state index contributed by atoms with van der Waals surface area (Å²) in [7, 11) is 0. The van der Waals surface area contributed by atoms with E-state index in [4.69, 9.17) is 23.7 Å². The van der Waals surface area contributed by atoms with Crippen LogP contribution < -0.4 is 14.2 Å². The second kappa shape index (κ2) is 8.26. The molecule has 1 aromatic carbocycles. The molecule has 0 unspecified atom stereocenters. The van der Waals surface area contributed by atoms with Gasteiger partial charge in [0.25, 0.3) is 0 Å². The Morgan fingerprint density at radius 1 is 1.19 bits per heavy atom. The molecular formula is C23H24O7S. The van der Waals surface area contributed by atoms with Gasteiger partial charge >= 0.3 is 5.97 Å². The fraction of sp³-hybridized carbons (Fsp3) is 0.391. The summed E-state index contributed by atoms with van der Waals surface area (Å²) in [5.74, 6) is 1.03. The SMILES string of the molecule is CCO/C=C1\CCc2c(C(=O)OC(C)(C)C)sc(Oc3ccc4c(c3)OCO4)c2C1=O. The van der Waals surface area contributed by atoms with Crippen LogP contribution in [0.4, 0.5) is 0 Å². The van der Waals surface area contributed by atoms with Crippen LogP contribution in [0.2, 0.25) is 0 Å². The number of fused-ring (bicyclic) bond motifs is 2. The minimum atomic E-state index is -0.648. The Balaban J connectivity index is 1.73. The molecule has 1 aliphatic carbocycles. The van der Waals surface area contributed by atoms with Crippen LogP contribution in [0.25, 0.3) is 0 Å². The van der Waals surface area contributed by atoms with Crippen molar-refractivity contribution < 1.29 is 33.3 Å². The lowest BCUT2D eigenvalue weighted by atomic mass is 9.88. The van der Waals surface area contributed by atoms with Crippen molar-refractivity contribution in [3.8, 4) is 22.3 Å². The fourth-order valence-corrected chi connectivity index (χ4v) is 4.44. The second-order valence-electron chi connectivity index (χ2n) is 8.12. The number of carbonyl (C=O) groups is 2. The van der Waals surface area contributed by atoms with Crippen molar-refractivity contribution in [2.45, 2.75) is 46.1 Å². The number of esters is 1. The number of hydrogen-bond donors (Lipinski definition) is 0. The molecule has 4 rings (SSSR count). The van der Waals surface area contributed by atoms with E-state index in [-0.39, 0.29) is 12.6 Å². The first-order valence-electron chi connectivity index (χ1n) is 10.1. The van der Waals surface area contributed by atoms with Gasteiger partial charge in [0.15, 0.2) is 22.3 Å². The number of ether oxygens (including phenoxy) is 5. The summed E-state index contributed by atoms with van der Waals surface area (Å²) in [5, 5.41) is 0.349. The Hall–Kier alpha value is -3.00. The average Bonchev–Trinajstić information content (AvgIpc) is 3.31. The van der Waals surface area contributed by atoms with Crippen molar-refractivity contribution in [2.75, 3.05) is 13.4 Å². The van der Waals surface area contributed by atoms with E-state index in [0.29, 0.717) is 63.3 Å². The van der Waals surface area contributed by atoms with E-state index in [1.54, 1.807) is 18.2 Å². The van der Waals surface area contributed by atoms with Crippen molar-refractivity contribution in [1.29, 1.82) is 0 Å². The number of hydrogen-bond acceptors (Lipinski definition) is 8. The topological polar surface area (TPSA) is 80.3 Å². The van der Waals surface area contributed by atoms with Crippen LogP contribution in [0.3, 0.4) is 0 Å². The monoisotopic (exact) mass is 444 g/mol. The molecule has 2 heterocycles. The van der Waals surface area contributed by atoms with E-state index < -0.39 is 11.6 Å². The molecule has 0 amide bonds. The Bertz CT molecular complexity index is 1060. The number of thiophene rings is 1. The van der Waals surface area contributed by atoms with Gasteiger partial charge in [-0.2, -0.15) is 0 Å². The van der Waals surface area contributed by atoms with E-state index in [2.05, 4.69) is 0 Å². The highest BCUT2D eigenvalue weighted by molar-refractivity contribution is 7.16. The quantitative estimate of drug-likeness (QED) is 0.353. The highest BCUT2D eigenvalue weighted by Gasteiger charge is 2.35. The molecule has 7 nitrogen and oxygen atoms in total. The first kappa shape index (κ1) is 21.2. The fourth-order valence-electron chi connectivity index (χ4n) is 3.35. The van der Waals surface area contributed by atoms with E-state index in [1.807, 2.05) is 27.7 Å². The van der Waals surface area contributed by atoms with Gasteiger partial charge in [0, 0.05) is 11.6 Å². The smallest absolute Gasteiger partial charge is 0.349 e. The molecule has 0 N–H and O–H groups in total. The van der Waals surface area contributed by atoms with Crippen molar-refractivity contribution >= 4 is 23.1 Å². The second-order valence-corrected chi connectivity index (χ2v) is 9.10. The van der Waals surface area contributed by atoms with Gasteiger partial charge in [0.2, 0.25) is 6.79 Å². The summed E-state index contributed by atoms with van der Waals surface area (Å²) in [5.41, 5.74) is 0.957. The molecule has 31 heavy (non-hydrogen) atoms. The standard InChI is InChI=1S/C23H24O7S/c1-5-26-11-13-6-8-15-18(19(13)24)22(31-20(15)21(25)30-23(2,3)4)29-14-7-9-16-17(10-14)28-12-27-16/h7,9-11H,5-6,8,12H2,1-4H3/b13-11+. The van der Waals surface area contributed by atoms with Crippen LogP contribution in [-0.4, -0.2) is 30.8 Å². The molecule has 0 saturated carbocycles. The Morgan fingerprint density at radius 2 is 1.97 bits per heavy atom. The number of ketones is 1. The molecule has 0 fully saturated rings. The van der Waals surface area contributed by atoms with E-state index in [0.717, 1.165) is 11.3 Å². The molecular weight excluding hydrogens is 420 g/mol. The van der Waals surface area contributed by atoms with Crippen molar-refractivity contribution in [3.05, 3.63) is 46.0 Å². The summed E-state index contributed by atoms with van der Waals surface area (Å²) in [6.45, 7) is 7.90. The highest BCUT2D eigenvalue weighted by atomic mass is 32.1. The van der Waals surface area contributed by atoms with Gasteiger partial charge in [-0.1, -0.05) is 11.3 Å². The van der Waals surface area contributed by atoms with Crippen LogP contribution in [0.15, 0.2) is 30.0 Å². The molecule has 1 aliphatic heterocycles. The molecule has 164 valence electrons. The Labute approximate surface area is 184 Å². The minimum Gasteiger partial charge on any atom is -0.501 e. The maximum absolute atomic E-state index is 13.2. The van der Waals surface area contributed by atoms with Gasteiger partial charge in [0.05, 0.1) is 18.4 Å². The van der Waals surface area contributed by atoms with Crippen molar-refractivity contribution in [2.24, 2.45) is 0 Å². The molecule has 0 bridgehead atoms. The van der Waals surface area contributed by atoms with Gasteiger partial charge in [-0.3, -0.25) is 4.79 Å². The third-order valence-corrected chi connectivity index (χ3v) is 5.76. The largest absolute Gasteiger partial charge is 0.501 e. The number of Topliss-reactive ketones (excluding diaryl/α,β-unsaturated/α-hetero) is 1. The molecule has 0 saturated heterocycles. The number of allylic oxidation sites excluding steroid dienone is 1. The van der Waals surface area contributed by atoms with Crippen molar-refractivity contribution in [1.82, 2.24) is 0 Å². The summed E-state index contributed by atoms with van der Waals surface area (Å²) in [6.07, 6.45) is 2.51. The van der Waals surface area contributed by atoms with Gasteiger partial charge in [-0.05, 0) is 58.2 Å². The maximum atomic E-state index is 13.2. The number of carbonyl (C=O) groups excluding carboxylic acids is 2. The molecule has 0 atom stereocenters. The van der Waals surface area contributed by atoms with Gasteiger partial charge in [-0.25, -0.2) is 4.79 Å². The predicted octanol–water partition coefficient (Wildman–Crippen LogP) is 5.27. The Morgan fingerprint density at radius 3 is 2.71 bits per heavy atom. The zero-order valence-electron chi connectivity index (χ0n) is 17.9. The first-order valence-corrected chi connectivity index (χ1v) is 10.9. The first-order chi connectivity index (χ1) is 14.8. The summed E-state index contributed by atoms with van der Waals surface area (Å²) < 4.78 is 27.7. The summed E-state index contributed by atoms with van der Waals surface area (Å²) in [4.78, 5) is 26.5. The number of rotatable bonds is 5. The predicted molar refractivity (Wildman–Crippen MR) is 114 cm³/mol. The average molecular weight is 445 g/mol. The van der Waals surface area contributed by atoms with Crippen LogP contribution in [0.5, 0.6) is 22.3 Å². The van der Waals surface area contributed by atoms with Crippen LogP contribution in [0, 0.1) is 0 Å². The lowest BCUT2D eigenvalue weighted by Crippen LogP contribution is -2.24. The van der Waals surface area contributed by atoms with E-state index in [1.165, 1.54) is 6.26 Å². The molecule has 8 heteroatoms. The van der Waals surface area contributed by atoms with Crippen LogP contribution >= 0.6 is 11.3 Å². The molecule has 0 radical (unpaired) electrons. The van der Waals surface area contributed by atoms with Gasteiger partial charge in [0.1, 0.15) is 16.2 Å². The molecule has 2 aliphatic rings. The molecule has 0 spiro atoms. The highest BCUT2D eigenvalue weighted by Crippen LogP contribution is 2.45. The zero-order valence-corrected chi connectivity index (χ0v) is 18.7. The van der Waals surface area contributed by atoms with Crippen LogP contribution in [-0.2, 0) is 15.9 Å². The number of benzene rings is 1. The van der Waals surface area contributed by atoms with Crippen LogP contribution in [0.1, 0.15) is 59.7 Å². The van der Waals surface area contributed by atoms with Gasteiger partial charge in [-0.15, -0.1) is 0 Å². The van der Waals surface area contributed by atoms with Gasteiger partial charge < -0.3 is 23.7 Å². The third-order valence-electron chi connectivity index (χ3n) is 4.67.